The van der Waals surface area contributed by atoms with Crippen LogP contribution in [0.3, 0.4) is 0 Å². The number of hydrogen-bond donors (Lipinski definition) is 1. The number of carbonyl (C=O) groups is 1. The van der Waals surface area contributed by atoms with Crippen LogP contribution in [0.15, 0.2) is 12.3 Å². The minimum Gasteiger partial charge on any atom is -0.309 e. The lowest BCUT2D eigenvalue weighted by atomic mass is 10.3. The van der Waals surface area contributed by atoms with E-state index in [2.05, 4.69) is 10.4 Å². The molecule has 21 heavy (non-hydrogen) atoms. The fourth-order valence-corrected chi connectivity index (χ4v) is 4.12. The predicted octanol–water partition coefficient (Wildman–Crippen LogP) is 1.22. The van der Waals surface area contributed by atoms with Crippen molar-refractivity contribution in [3.8, 4) is 0 Å². The Hall–Kier alpha value is -1.41. The van der Waals surface area contributed by atoms with Gasteiger partial charge in [0.15, 0.2) is 5.82 Å². The fourth-order valence-electron chi connectivity index (χ4n) is 2.42. The Labute approximate surface area is 125 Å². The minimum atomic E-state index is -3.15. The Bertz CT molecular complexity index is 596. The Morgan fingerprint density at radius 2 is 2.29 bits per heavy atom. The maximum absolute atomic E-state index is 12.2. The summed E-state index contributed by atoms with van der Waals surface area (Å²) in [6.07, 6.45) is 4.08. The molecule has 7 nitrogen and oxygen atoms in total. The first-order valence-corrected chi connectivity index (χ1v) is 8.84. The molecule has 0 aliphatic carbocycles. The highest BCUT2D eigenvalue weighted by Gasteiger charge is 2.32. The molecule has 0 aromatic carbocycles. The summed E-state index contributed by atoms with van der Waals surface area (Å²) in [5, 5.41) is 6.89. The van der Waals surface area contributed by atoms with Gasteiger partial charge >= 0.3 is 0 Å². The van der Waals surface area contributed by atoms with E-state index in [1.807, 2.05) is 6.92 Å². The standard InChI is InChI=1S/C13H22N4O3S/c1-3-4-9-21(19,20)16-7-5-12(10-16)17-8-6-13(15-17)14-11(2)18/h6,8,12H,3-5,7,9-10H2,1-2H3,(H,14,15,18). The molecule has 8 heteroatoms. The van der Waals surface area contributed by atoms with Crippen LogP contribution in [0.25, 0.3) is 0 Å². The number of rotatable bonds is 6. The van der Waals surface area contributed by atoms with Gasteiger partial charge in [0.2, 0.25) is 15.9 Å². The van der Waals surface area contributed by atoms with Crippen molar-refractivity contribution in [3.63, 3.8) is 0 Å². The van der Waals surface area contributed by atoms with Crippen LogP contribution in [0.1, 0.15) is 39.2 Å². The summed E-state index contributed by atoms with van der Waals surface area (Å²) in [7, 11) is -3.15. The van der Waals surface area contributed by atoms with Gasteiger partial charge in [-0.05, 0) is 12.8 Å². The number of amides is 1. The minimum absolute atomic E-state index is 0.0314. The maximum Gasteiger partial charge on any atom is 0.222 e. The van der Waals surface area contributed by atoms with Gasteiger partial charge in [-0.15, -0.1) is 0 Å². The van der Waals surface area contributed by atoms with Gasteiger partial charge in [-0.2, -0.15) is 9.40 Å². The van der Waals surface area contributed by atoms with Gasteiger partial charge in [0, 0.05) is 32.3 Å². The number of sulfonamides is 1. The first kappa shape index (κ1) is 16.0. The van der Waals surface area contributed by atoms with Crippen LogP contribution >= 0.6 is 0 Å². The van der Waals surface area contributed by atoms with Crippen molar-refractivity contribution >= 4 is 21.7 Å². The molecule has 1 atom stereocenters. The SMILES string of the molecule is CCCCS(=O)(=O)N1CCC(n2ccc(NC(C)=O)n2)C1. The van der Waals surface area contributed by atoms with Crippen molar-refractivity contribution in [2.24, 2.45) is 0 Å². The monoisotopic (exact) mass is 314 g/mol. The molecule has 0 bridgehead atoms. The van der Waals surface area contributed by atoms with Gasteiger partial charge in [-0.3, -0.25) is 9.48 Å². The van der Waals surface area contributed by atoms with Crippen LogP contribution in [-0.4, -0.2) is 47.3 Å². The van der Waals surface area contributed by atoms with E-state index in [1.54, 1.807) is 21.3 Å². The normalized spacial score (nSPS) is 19.8. The number of hydrogen-bond acceptors (Lipinski definition) is 4. The van der Waals surface area contributed by atoms with E-state index in [0.29, 0.717) is 25.3 Å². The Morgan fingerprint density at radius 1 is 1.52 bits per heavy atom. The molecular formula is C13H22N4O3S. The van der Waals surface area contributed by atoms with Crippen LogP contribution < -0.4 is 5.32 Å². The van der Waals surface area contributed by atoms with Crippen molar-refractivity contribution < 1.29 is 13.2 Å². The first-order chi connectivity index (χ1) is 9.92. The molecule has 2 heterocycles. The van der Waals surface area contributed by atoms with Gasteiger partial charge in [-0.1, -0.05) is 13.3 Å². The summed E-state index contributed by atoms with van der Waals surface area (Å²) in [5.74, 6) is 0.539. The number of unbranched alkanes of at least 4 members (excludes halogenated alkanes) is 1. The number of carbonyl (C=O) groups excluding carboxylic acids is 1. The highest BCUT2D eigenvalue weighted by Crippen LogP contribution is 2.24. The van der Waals surface area contributed by atoms with Gasteiger partial charge in [0.25, 0.3) is 0 Å². The van der Waals surface area contributed by atoms with Crippen LogP contribution in [0.2, 0.25) is 0 Å². The molecule has 0 spiro atoms. The number of aromatic nitrogens is 2. The van der Waals surface area contributed by atoms with Crippen molar-refractivity contribution in [2.45, 2.75) is 39.2 Å². The first-order valence-electron chi connectivity index (χ1n) is 7.23. The average molecular weight is 314 g/mol. The van der Waals surface area contributed by atoms with Gasteiger partial charge in [0.1, 0.15) is 0 Å². The molecule has 118 valence electrons. The van der Waals surface area contributed by atoms with Crippen LogP contribution in [0.5, 0.6) is 0 Å². The highest BCUT2D eigenvalue weighted by molar-refractivity contribution is 7.89. The van der Waals surface area contributed by atoms with Gasteiger partial charge < -0.3 is 5.32 Å². The number of anilines is 1. The molecule has 1 aromatic rings. The predicted molar refractivity (Wildman–Crippen MR) is 80.5 cm³/mol. The molecule has 0 radical (unpaired) electrons. The number of nitrogens with zero attached hydrogens (tertiary/aromatic N) is 3. The summed E-state index contributed by atoms with van der Waals surface area (Å²) in [5.41, 5.74) is 0. The molecule has 1 fully saturated rings. The highest BCUT2D eigenvalue weighted by atomic mass is 32.2. The molecule has 1 N–H and O–H groups in total. The summed E-state index contributed by atoms with van der Waals surface area (Å²) < 4.78 is 27.6. The largest absolute Gasteiger partial charge is 0.309 e. The Kier molecular flexibility index (Phi) is 5.00. The quantitative estimate of drug-likeness (QED) is 0.855. The summed E-state index contributed by atoms with van der Waals surface area (Å²) in [6, 6.07) is 1.75. The smallest absolute Gasteiger partial charge is 0.222 e. The molecule has 2 rings (SSSR count). The summed E-state index contributed by atoms with van der Waals surface area (Å²) in [4.78, 5) is 11.0. The van der Waals surface area contributed by atoms with E-state index in [1.165, 1.54) is 6.92 Å². The van der Waals surface area contributed by atoms with Gasteiger partial charge in [-0.25, -0.2) is 8.42 Å². The van der Waals surface area contributed by atoms with Crippen LogP contribution in [-0.2, 0) is 14.8 Å². The topological polar surface area (TPSA) is 84.3 Å². The van der Waals surface area contributed by atoms with Crippen molar-refractivity contribution in [1.82, 2.24) is 14.1 Å². The Morgan fingerprint density at radius 3 is 2.95 bits per heavy atom. The third kappa shape index (κ3) is 4.04. The molecule has 1 unspecified atom stereocenters. The summed E-state index contributed by atoms with van der Waals surface area (Å²) >= 11 is 0. The van der Waals surface area contributed by atoms with E-state index in [-0.39, 0.29) is 17.7 Å². The average Bonchev–Trinajstić information content (AvgIpc) is 3.04. The van der Waals surface area contributed by atoms with Crippen LogP contribution in [0.4, 0.5) is 5.82 Å². The third-order valence-corrected chi connectivity index (χ3v) is 5.48. The van der Waals surface area contributed by atoms with E-state index in [9.17, 15) is 13.2 Å². The fraction of sp³-hybridized carbons (Fsp3) is 0.692. The lowest BCUT2D eigenvalue weighted by molar-refractivity contribution is -0.114. The van der Waals surface area contributed by atoms with Gasteiger partial charge in [0.05, 0.1) is 11.8 Å². The van der Waals surface area contributed by atoms with E-state index in [4.69, 9.17) is 0 Å². The summed E-state index contributed by atoms with van der Waals surface area (Å²) in [6.45, 7) is 4.39. The zero-order chi connectivity index (χ0) is 15.5. The molecule has 1 aliphatic heterocycles. The molecule has 1 aliphatic rings. The molecule has 1 aromatic heterocycles. The van der Waals surface area contributed by atoms with E-state index < -0.39 is 10.0 Å². The second-order valence-electron chi connectivity index (χ2n) is 5.33. The van der Waals surface area contributed by atoms with E-state index in [0.717, 1.165) is 12.8 Å². The van der Waals surface area contributed by atoms with E-state index >= 15 is 0 Å². The molecular weight excluding hydrogens is 292 g/mol. The zero-order valence-electron chi connectivity index (χ0n) is 12.4. The second kappa shape index (κ2) is 6.57. The Balaban J connectivity index is 1.99. The second-order valence-corrected chi connectivity index (χ2v) is 7.42. The lowest BCUT2D eigenvalue weighted by Gasteiger charge is -2.16. The number of nitrogens with one attached hydrogen (secondary N) is 1. The van der Waals surface area contributed by atoms with Crippen LogP contribution in [0, 0.1) is 0 Å². The maximum atomic E-state index is 12.2. The van der Waals surface area contributed by atoms with Crippen molar-refractivity contribution in [3.05, 3.63) is 12.3 Å². The molecule has 1 amide bonds. The van der Waals surface area contributed by atoms with Crippen molar-refractivity contribution in [2.75, 3.05) is 24.2 Å². The lowest BCUT2D eigenvalue weighted by Crippen LogP contribution is -2.31. The van der Waals surface area contributed by atoms with Crippen molar-refractivity contribution in [1.29, 1.82) is 0 Å². The molecule has 1 saturated heterocycles. The molecule has 0 saturated carbocycles. The zero-order valence-corrected chi connectivity index (χ0v) is 13.3. The third-order valence-electron chi connectivity index (χ3n) is 3.56.